The van der Waals surface area contributed by atoms with Crippen LogP contribution in [0.15, 0.2) is 0 Å². The van der Waals surface area contributed by atoms with Crippen LogP contribution in [0.3, 0.4) is 0 Å². The zero-order valence-electron chi connectivity index (χ0n) is 8.32. The summed E-state index contributed by atoms with van der Waals surface area (Å²) >= 11 is 0. The Balaban J connectivity index is 4.38. The maximum atomic E-state index is 10.8. The first kappa shape index (κ1) is 12.4. The van der Waals surface area contributed by atoms with Crippen LogP contribution in [0.1, 0.15) is 13.8 Å². The number of carbonyl (C=O) groups is 1. The van der Waals surface area contributed by atoms with Crippen molar-refractivity contribution in [2.45, 2.75) is 13.8 Å². The predicted octanol–water partition coefficient (Wildman–Crippen LogP) is 0.446. The van der Waals surface area contributed by atoms with E-state index in [1.54, 1.807) is 13.8 Å². The molecule has 0 heterocycles. The Morgan fingerprint density at radius 1 is 1.36 bits per heavy atom. The second-order valence-corrected chi connectivity index (χ2v) is 3.65. The first-order valence-corrected chi connectivity index (χ1v) is 4.13. The molecule has 0 bridgehead atoms. The van der Waals surface area contributed by atoms with Crippen molar-refractivity contribution in [1.82, 2.24) is 4.90 Å². The standard InChI is InChI=1S/C9H13N3O2/c1-9(2,8(13)14)7-12(5-3-10)6-4-11/h5-7H2,1-2H3,(H,13,14). The fourth-order valence-corrected chi connectivity index (χ4v) is 0.994. The molecule has 0 aromatic heterocycles. The van der Waals surface area contributed by atoms with Crippen molar-refractivity contribution >= 4 is 5.97 Å². The van der Waals surface area contributed by atoms with E-state index in [1.807, 2.05) is 12.1 Å². The van der Waals surface area contributed by atoms with Crippen LogP contribution >= 0.6 is 0 Å². The number of hydrogen-bond acceptors (Lipinski definition) is 4. The molecule has 5 heteroatoms. The lowest BCUT2D eigenvalue weighted by Gasteiger charge is -2.25. The average Bonchev–Trinajstić information content (AvgIpc) is 2.04. The summed E-state index contributed by atoms with van der Waals surface area (Å²) in [5, 5.41) is 25.7. The van der Waals surface area contributed by atoms with Crippen molar-refractivity contribution in [1.29, 1.82) is 10.5 Å². The minimum absolute atomic E-state index is 0.0737. The third kappa shape index (κ3) is 3.88. The lowest BCUT2D eigenvalue weighted by atomic mass is 9.93. The zero-order chi connectivity index (χ0) is 11.2. The quantitative estimate of drug-likeness (QED) is 0.643. The van der Waals surface area contributed by atoms with E-state index in [1.165, 1.54) is 4.90 Å². The van der Waals surface area contributed by atoms with E-state index in [4.69, 9.17) is 15.6 Å². The number of carboxylic acids is 1. The summed E-state index contributed by atoms with van der Waals surface area (Å²) < 4.78 is 0. The number of rotatable bonds is 5. The van der Waals surface area contributed by atoms with Crippen molar-refractivity contribution in [2.24, 2.45) is 5.41 Å². The number of nitriles is 2. The van der Waals surface area contributed by atoms with Crippen molar-refractivity contribution in [3.8, 4) is 12.1 Å². The highest BCUT2D eigenvalue weighted by molar-refractivity contribution is 5.73. The average molecular weight is 195 g/mol. The van der Waals surface area contributed by atoms with E-state index in [2.05, 4.69) is 0 Å². The summed E-state index contributed by atoms with van der Waals surface area (Å²) in [6, 6.07) is 3.79. The van der Waals surface area contributed by atoms with E-state index in [0.29, 0.717) is 0 Å². The Labute approximate surface area is 83.2 Å². The van der Waals surface area contributed by atoms with Crippen LogP contribution in [0.4, 0.5) is 0 Å². The van der Waals surface area contributed by atoms with Gasteiger partial charge in [-0.1, -0.05) is 0 Å². The van der Waals surface area contributed by atoms with Gasteiger partial charge in [-0.3, -0.25) is 9.69 Å². The zero-order valence-corrected chi connectivity index (χ0v) is 8.32. The van der Waals surface area contributed by atoms with Gasteiger partial charge < -0.3 is 5.11 Å². The third-order valence-corrected chi connectivity index (χ3v) is 1.79. The lowest BCUT2D eigenvalue weighted by molar-refractivity contribution is -0.147. The third-order valence-electron chi connectivity index (χ3n) is 1.79. The molecule has 14 heavy (non-hydrogen) atoms. The molecule has 76 valence electrons. The van der Waals surface area contributed by atoms with Gasteiger partial charge in [-0.25, -0.2) is 0 Å². The van der Waals surface area contributed by atoms with Gasteiger partial charge in [0.1, 0.15) is 0 Å². The van der Waals surface area contributed by atoms with Crippen LogP contribution in [0, 0.1) is 28.1 Å². The highest BCUT2D eigenvalue weighted by atomic mass is 16.4. The molecule has 0 spiro atoms. The molecule has 0 radical (unpaired) electrons. The smallest absolute Gasteiger partial charge is 0.310 e. The first-order chi connectivity index (χ1) is 6.44. The van der Waals surface area contributed by atoms with Crippen molar-refractivity contribution in [3.05, 3.63) is 0 Å². The molecule has 0 aliphatic heterocycles. The molecule has 0 aliphatic carbocycles. The van der Waals surface area contributed by atoms with Gasteiger partial charge in [0.15, 0.2) is 0 Å². The van der Waals surface area contributed by atoms with E-state index in [9.17, 15) is 4.79 Å². The minimum atomic E-state index is -0.937. The highest BCUT2D eigenvalue weighted by Gasteiger charge is 2.29. The largest absolute Gasteiger partial charge is 0.481 e. The minimum Gasteiger partial charge on any atom is -0.481 e. The van der Waals surface area contributed by atoms with Crippen LogP contribution in [-0.4, -0.2) is 35.6 Å². The van der Waals surface area contributed by atoms with Gasteiger partial charge in [0.05, 0.1) is 30.6 Å². The molecule has 0 rings (SSSR count). The molecule has 0 aromatic carbocycles. The van der Waals surface area contributed by atoms with Gasteiger partial charge in [0.2, 0.25) is 0 Å². The van der Waals surface area contributed by atoms with Crippen molar-refractivity contribution in [2.75, 3.05) is 19.6 Å². The van der Waals surface area contributed by atoms with Crippen LogP contribution in [0.2, 0.25) is 0 Å². The van der Waals surface area contributed by atoms with Gasteiger partial charge in [-0.05, 0) is 13.8 Å². The normalized spacial score (nSPS) is 10.6. The fraction of sp³-hybridized carbons (Fsp3) is 0.667. The fourth-order valence-electron chi connectivity index (χ4n) is 0.994. The second-order valence-electron chi connectivity index (χ2n) is 3.65. The topological polar surface area (TPSA) is 88.1 Å². The number of aliphatic carboxylic acids is 1. The second kappa shape index (κ2) is 5.21. The molecule has 0 aromatic rings. The van der Waals surface area contributed by atoms with Crippen LogP contribution in [0.5, 0.6) is 0 Å². The van der Waals surface area contributed by atoms with E-state index in [0.717, 1.165) is 0 Å². The summed E-state index contributed by atoms with van der Waals surface area (Å²) in [5.41, 5.74) is -0.937. The Kier molecular flexibility index (Phi) is 4.62. The van der Waals surface area contributed by atoms with E-state index < -0.39 is 11.4 Å². The molecule has 0 saturated heterocycles. The number of carboxylic acid groups (broad SMARTS) is 1. The van der Waals surface area contributed by atoms with Gasteiger partial charge in [-0.15, -0.1) is 0 Å². The summed E-state index contributed by atoms with van der Waals surface area (Å²) in [6.45, 7) is 3.48. The van der Waals surface area contributed by atoms with Crippen LogP contribution in [0.25, 0.3) is 0 Å². The van der Waals surface area contributed by atoms with Gasteiger partial charge in [0.25, 0.3) is 0 Å². The molecule has 0 saturated carbocycles. The molecule has 1 N–H and O–H groups in total. The summed E-state index contributed by atoms with van der Waals surface area (Å²) in [4.78, 5) is 12.3. The summed E-state index contributed by atoms with van der Waals surface area (Å²) in [6.07, 6.45) is 0. The molecule has 0 atom stereocenters. The van der Waals surface area contributed by atoms with E-state index in [-0.39, 0.29) is 19.6 Å². The molecule has 0 unspecified atom stereocenters. The SMILES string of the molecule is CC(C)(CN(CC#N)CC#N)C(=O)O. The predicted molar refractivity (Wildman–Crippen MR) is 49.1 cm³/mol. The molecular weight excluding hydrogens is 182 g/mol. The lowest BCUT2D eigenvalue weighted by Crippen LogP contribution is -2.39. The Morgan fingerprint density at radius 2 is 1.79 bits per heavy atom. The maximum absolute atomic E-state index is 10.8. The molecule has 5 nitrogen and oxygen atoms in total. The van der Waals surface area contributed by atoms with Crippen LogP contribution in [-0.2, 0) is 4.79 Å². The Bertz CT molecular complexity index is 269. The summed E-state index contributed by atoms with van der Waals surface area (Å²) in [7, 11) is 0. The number of hydrogen-bond donors (Lipinski definition) is 1. The van der Waals surface area contributed by atoms with Gasteiger partial charge in [0, 0.05) is 6.54 Å². The first-order valence-electron chi connectivity index (χ1n) is 4.13. The Hall–Kier alpha value is -1.59. The van der Waals surface area contributed by atoms with E-state index >= 15 is 0 Å². The van der Waals surface area contributed by atoms with Crippen molar-refractivity contribution in [3.63, 3.8) is 0 Å². The Morgan fingerprint density at radius 3 is 2.07 bits per heavy atom. The monoisotopic (exact) mass is 195 g/mol. The van der Waals surface area contributed by atoms with Gasteiger partial charge >= 0.3 is 5.97 Å². The molecule has 0 fully saturated rings. The molecule has 0 aliphatic rings. The van der Waals surface area contributed by atoms with Gasteiger partial charge in [-0.2, -0.15) is 10.5 Å². The number of nitrogens with zero attached hydrogens (tertiary/aromatic N) is 3. The maximum Gasteiger partial charge on any atom is 0.310 e. The summed E-state index contributed by atoms with van der Waals surface area (Å²) in [5.74, 6) is -0.932. The highest BCUT2D eigenvalue weighted by Crippen LogP contribution is 2.16. The molecular formula is C9H13N3O2. The van der Waals surface area contributed by atoms with Crippen LogP contribution < -0.4 is 0 Å². The van der Waals surface area contributed by atoms with Crippen molar-refractivity contribution < 1.29 is 9.90 Å². The molecule has 0 amide bonds.